The second kappa shape index (κ2) is 9.64. The van der Waals surface area contributed by atoms with Crippen LogP contribution in [0.1, 0.15) is 24.3 Å². The van der Waals surface area contributed by atoms with Crippen molar-refractivity contribution in [2.75, 3.05) is 7.11 Å². The molecule has 0 N–H and O–H groups in total. The number of non-ortho nitro benzene ring substituents is 1. The number of allylic oxidation sites excluding steroid dienone is 1. The van der Waals surface area contributed by atoms with Crippen molar-refractivity contribution in [2.45, 2.75) is 13.0 Å². The second-order valence-corrected chi connectivity index (χ2v) is 9.52. The van der Waals surface area contributed by atoms with E-state index in [1.54, 1.807) is 61.5 Å². The molecule has 2 aromatic heterocycles. The summed E-state index contributed by atoms with van der Waals surface area (Å²) in [6.07, 6.45) is 1.57. The van der Waals surface area contributed by atoms with Gasteiger partial charge in [0.2, 0.25) is 0 Å². The average Bonchev–Trinajstić information content (AvgIpc) is 3.48. The molecule has 0 spiro atoms. The SMILES string of the molecule is COC(=O)C1=C(C)N=c2s/c(=C/c3ccc(-c4cccc([N+](=O)[O-])c4)o3)c(=O)n2[C@@H]1c1ccccc1Cl. The number of fused-ring (bicyclic) bond motifs is 1. The Balaban J connectivity index is 1.64. The highest BCUT2D eigenvalue weighted by Crippen LogP contribution is 2.34. The number of esters is 1. The topological polar surface area (TPSA) is 117 Å². The Hall–Kier alpha value is -4.28. The normalized spacial score (nSPS) is 15.3. The molecule has 0 saturated carbocycles. The maximum atomic E-state index is 13.6. The van der Waals surface area contributed by atoms with Gasteiger partial charge in [0, 0.05) is 28.8 Å². The third-order valence-corrected chi connectivity index (χ3v) is 7.20. The summed E-state index contributed by atoms with van der Waals surface area (Å²) in [4.78, 5) is 41.9. The van der Waals surface area contributed by atoms with Gasteiger partial charge in [0.1, 0.15) is 17.6 Å². The summed E-state index contributed by atoms with van der Waals surface area (Å²) in [7, 11) is 1.27. The van der Waals surface area contributed by atoms with E-state index in [2.05, 4.69) is 4.99 Å². The van der Waals surface area contributed by atoms with E-state index in [9.17, 15) is 19.7 Å². The summed E-state index contributed by atoms with van der Waals surface area (Å²) in [6.45, 7) is 1.69. The predicted molar refractivity (Wildman–Crippen MR) is 138 cm³/mol. The first kappa shape index (κ1) is 24.4. The van der Waals surface area contributed by atoms with Gasteiger partial charge in [-0.3, -0.25) is 19.5 Å². The molecule has 9 nitrogen and oxygen atoms in total. The van der Waals surface area contributed by atoms with Crippen molar-refractivity contribution in [2.24, 2.45) is 4.99 Å². The number of hydrogen-bond donors (Lipinski definition) is 0. The van der Waals surface area contributed by atoms with Crippen LogP contribution in [0.4, 0.5) is 5.69 Å². The minimum absolute atomic E-state index is 0.0555. The Labute approximate surface area is 218 Å². The van der Waals surface area contributed by atoms with Crippen LogP contribution in [0.3, 0.4) is 0 Å². The Morgan fingerprint density at radius 2 is 2.00 bits per heavy atom. The van der Waals surface area contributed by atoms with E-state index in [1.165, 1.54) is 23.8 Å². The lowest BCUT2D eigenvalue weighted by Crippen LogP contribution is -2.39. The number of thiazole rings is 1. The summed E-state index contributed by atoms with van der Waals surface area (Å²) < 4.78 is 12.6. The van der Waals surface area contributed by atoms with E-state index < -0.39 is 16.9 Å². The molecule has 4 aromatic rings. The number of rotatable bonds is 5. The maximum absolute atomic E-state index is 13.6. The molecule has 0 radical (unpaired) electrons. The maximum Gasteiger partial charge on any atom is 0.338 e. The zero-order valence-electron chi connectivity index (χ0n) is 19.5. The third kappa shape index (κ3) is 4.41. The highest BCUT2D eigenvalue weighted by Gasteiger charge is 2.34. The monoisotopic (exact) mass is 535 g/mol. The number of nitrogens with zero attached hydrogens (tertiary/aromatic N) is 3. The lowest BCUT2D eigenvalue weighted by molar-refractivity contribution is -0.384. The fourth-order valence-corrected chi connectivity index (χ4v) is 5.44. The van der Waals surface area contributed by atoms with Crippen LogP contribution in [0.15, 0.2) is 86.1 Å². The zero-order valence-corrected chi connectivity index (χ0v) is 21.1. The van der Waals surface area contributed by atoms with Gasteiger partial charge in [0.15, 0.2) is 4.80 Å². The van der Waals surface area contributed by atoms with Crippen molar-refractivity contribution in [3.05, 3.63) is 118 Å². The van der Waals surface area contributed by atoms with Crippen molar-refractivity contribution in [3.63, 3.8) is 0 Å². The molecule has 5 rings (SSSR count). The number of furan rings is 1. The first-order valence-corrected chi connectivity index (χ1v) is 12.2. The standard InChI is InChI=1S/C26H18ClN3O6S/c1-14-22(25(32)35-2)23(18-8-3-4-9-19(18)27)29-24(31)21(37-26(29)28-14)13-17-10-11-20(36-17)15-6-5-7-16(12-15)30(33)34/h3-13,23H,1-2H3/b21-13+/t23-/m1/s1. The van der Waals surface area contributed by atoms with Gasteiger partial charge >= 0.3 is 5.97 Å². The molecule has 2 aromatic carbocycles. The molecule has 186 valence electrons. The zero-order chi connectivity index (χ0) is 26.3. The quantitative estimate of drug-likeness (QED) is 0.214. The highest BCUT2D eigenvalue weighted by molar-refractivity contribution is 7.07. The van der Waals surface area contributed by atoms with E-state index >= 15 is 0 Å². The Morgan fingerprint density at radius 1 is 1.22 bits per heavy atom. The predicted octanol–water partition coefficient (Wildman–Crippen LogP) is 4.23. The van der Waals surface area contributed by atoms with Crippen LogP contribution in [0.2, 0.25) is 5.02 Å². The van der Waals surface area contributed by atoms with Crippen LogP contribution in [-0.4, -0.2) is 22.6 Å². The van der Waals surface area contributed by atoms with Gasteiger partial charge in [0.25, 0.3) is 11.2 Å². The van der Waals surface area contributed by atoms with E-state index in [4.69, 9.17) is 20.8 Å². The summed E-state index contributed by atoms with van der Waals surface area (Å²) in [5.74, 6) is 0.193. The molecule has 0 bridgehead atoms. The molecule has 37 heavy (non-hydrogen) atoms. The van der Waals surface area contributed by atoms with E-state index in [0.29, 0.717) is 42.7 Å². The molecule has 0 amide bonds. The van der Waals surface area contributed by atoms with Gasteiger partial charge in [-0.05, 0) is 30.7 Å². The van der Waals surface area contributed by atoms with Gasteiger partial charge in [0.05, 0.1) is 27.8 Å². The molecule has 1 aliphatic heterocycles. The van der Waals surface area contributed by atoms with Gasteiger partial charge in [-0.25, -0.2) is 9.79 Å². The molecular weight excluding hydrogens is 518 g/mol. The molecule has 11 heteroatoms. The largest absolute Gasteiger partial charge is 0.466 e. The number of methoxy groups -OCH3 is 1. The van der Waals surface area contributed by atoms with Gasteiger partial charge in [-0.15, -0.1) is 0 Å². The fraction of sp³-hybridized carbons (Fsp3) is 0.115. The second-order valence-electron chi connectivity index (χ2n) is 8.10. The molecule has 0 unspecified atom stereocenters. The Kier molecular flexibility index (Phi) is 6.36. The lowest BCUT2D eigenvalue weighted by atomic mass is 9.96. The number of ether oxygens (including phenoxy) is 1. The summed E-state index contributed by atoms with van der Waals surface area (Å²) in [5, 5.41) is 11.5. The van der Waals surface area contributed by atoms with Crippen LogP contribution < -0.4 is 14.9 Å². The lowest BCUT2D eigenvalue weighted by Gasteiger charge is -2.25. The first-order valence-electron chi connectivity index (χ1n) is 11.0. The van der Waals surface area contributed by atoms with E-state index in [0.717, 1.165) is 11.3 Å². The smallest absolute Gasteiger partial charge is 0.338 e. The Bertz CT molecular complexity index is 1780. The van der Waals surface area contributed by atoms with Gasteiger partial charge in [-0.1, -0.05) is 53.3 Å². The molecule has 3 heterocycles. The molecule has 0 saturated heterocycles. The van der Waals surface area contributed by atoms with Crippen LogP contribution in [0.25, 0.3) is 17.4 Å². The minimum Gasteiger partial charge on any atom is -0.466 e. The van der Waals surface area contributed by atoms with Gasteiger partial charge in [-0.2, -0.15) is 0 Å². The summed E-state index contributed by atoms with van der Waals surface area (Å²) >= 11 is 7.63. The number of halogens is 1. The number of benzene rings is 2. The van der Waals surface area contributed by atoms with Crippen LogP contribution >= 0.6 is 22.9 Å². The van der Waals surface area contributed by atoms with Crippen LogP contribution in [0, 0.1) is 10.1 Å². The number of carbonyl (C=O) groups is 1. The third-order valence-electron chi connectivity index (χ3n) is 5.87. The van der Waals surface area contributed by atoms with Gasteiger partial charge < -0.3 is 9.15 Å². The number of aromatic nitrogens is 1. The number of nitro groups is 1. The van der Waals surface area contributed by atoms with Crippen molar-refractivity contribution in [1.29, 1.82) is 0 Å². The van der Waals surface area contributed by atoms with E-state index in [-0.39, 0.29) is 16.8 Å². The van der Waals surface area contributed by atoms with Crippen LogP contribution in [0.5, 0.6) is 0 Å². The molecule has 1 atom stereocenters. The van der Waals surface area contributed by atoms with Crippen LogP contribution in [-0.2, 0) is 9.53 Å². The first-order chi connectivity index (χ1) is 17.8. The number of carbonyl (C=O) groups excluding carboxylic acids is 1. The molecule has 1 aliphatic rings. The summed E-state index contributed by atoms with van der Waals surface area (Å²) in [5.41, 5.74) is 1.32. The van der Waals surface area contributed by atoms with Crippen molar-refractivity contribution in [1.82, 2.24) is 4.57 Å². The fourth-order valence-electron chi connectivity index (χ4n) is 4.17. The number of nitro benzene ring substituents is 1. The summed E-state index contributed by atoms with van der Waals surface area (Å²) in [6, 6.07) is 15.6. The molecular formula is C26H18ClN3O6S. The van der Waals surface area contributed by atoms with Crippen molar-refractivity contribution in [3.8, 4) is 11.3 Å². The molecule has 0 aliphatic carbocycles. The van der Waals surface area contributed by atoms with E-state index in [1.807, 2.05) is 0 Å². The average molecular weight is 536 g/mol. The Morgan fingerprint density at radius 3 is 2.73 bits per heavy atom. The highest BCUT2D eigenvalue weighted by atomic mass is 35.5. The van der Waals surface area contributed by atoms with Crippen molar-refractivity contribution >= 4 is 40.7 Å². The van der Waals surface area contributed by atoms with Crippen molar-refractivity contribution < 1.29 is 18.9 Å². The minimum atomic E-state index is -0.823. The number of hydrogen-bond acceptors (Lipinski definition) is 8. The molecule has 0 fully saturated rings.